The van der Waals surface area contributed by atoms with Gasteiger partial charge in [-0.15, -0.1) is 0 Å². The highest BCUT2D eigenvalue weighted by Gasteiger charge is 2.06. The van der Waals surface area contributed by atoms with E-state index in [1.165, 1.54) is 0 Å². The Morgan fingerprint density at radius 1 is 1.05 bits per heavy atom. The van der Waals surface area contributed by atoms with Crippen LogP contribution < -0.4 is 0 Å². The van der Waals surface area contributed by atoms with E-state index in [0.717, 1.165) is 16.2 Å². The zero-order chi connectivity index (χ0) is 15.8. The van der Waals surface area contributed by atoms with Crippen LogP contribution in [-0.2, 0) is 16.9 Å². The molecule has 0 aliphatic carbocycles. The minimum absolute atomic E-state index is 0.532. The fourth-order valence-electron chi connectivity index (χ4n) is 1.61. The largest absolute Gasteiger partial charge is 0.611 e. The molecule has 0 amide bonds. The van der Waals surface area contributed by atoms with Crippen LogP contribution in [0.25, 0.3) is 0 Å². The van der Waals surface area contributed by atoms with Crippen LogP contribution in [0, 0.1) is 0 Å². The molecule has 0 aromatic heterocycles. The Morgan fingerprint density at radius 3 is 2.55 bits per heavy atom. The molecule has 1 unspecified atom stereocenters. The first-order valence-corrected chi connectivity index (χ1v) is 10.9. The average Bonchev–Trinajstić information content (AvgIpc) is 2.54. The molecular weight excluding hydrogens is 375 g/mol. The molecular formula is C16H14Cl2OS3. The van der Waals surface area contributed by atoms with E-state index in [2.05, 4.69) is 0 Å². The van der Waals surface area contributed by atoms with Crippen molar-refractivity contribution in [1.82, 2.24) is 0 Å². The molecule has 1 atom stereocenters. The van der Waals surface area contributed by atoms with Crippen LogP contribution in [-0.4, -0.2) is 10.3 Å². The SMILES string of the molecule is [O-][S+](CC=CSSCc1ccc(Cl)c(Cl)c1)c1ccccc1. The fraction of sp³-hybridized carbons (Fsp3) is 0.125. The molecule has 6 heteroatoms. The Labute approximate surface area is 152 Å². The average molecular weight is 389 g/mol. The molecule has 0 aliphatic rings. The van der Waals surface area contributed by atoms with Crippen LogP contribution in [0.4, 0.5) is 0 Å². The summed E-state index contributed by atoms with van der Waals surface area (Å²) in [5.41, 5.74) is 1.13. The van der Waals surface area contributed by atoms with Gasteiger partial charge >= 0.3 is 0 Å². The number of hydrogen-bond acceptors (Lipinski definition) is 3. The Kier molecular flexibility index (Phi) is 8.08. The van der Waals surface area contributed by atoms with Gasteiger partial charge in [-0.25, -0.2) is 0 Å². The van der Waals surface area contributed by atoms with Crippen LogP contribution in [0.5, 0.6) is 0 Å². The molecule has 1 nitrogen and oxygen atoms in total. The molecule has 0 bridgehead atoms. The molecule has 0 aliphatic heterocycles. The van der Waals surface area contributed by atoms with Gasteiger partial charge in [0, 0.05) is 5.75 Å². The second kappa shape index (κ2) is 9.81. The predicted octanol–water partition coefficient (Wildman–Crippen LogP) is 6.20. The van der Waals surface area contributed by atoms with Crippen molar-refractivity contribution in [3.63, 3.8) is 0 Å². The van der Waals surface area contributed by atoms with E-state index in [9.17, 15) is 4.55 Å². The Balaban J connectivity index is 1.69. The summed E-state index contributed by atoms with van der Waals surface area (Å²) in [6.45, 7) is 0. The predicted molar refractivity (Wildman–Crippen MR) is 102 cm³/mol. The molecule has 22 heavy (non-hydrogen) atoms. The maximum Gasteiger partial charge on any atom is 0.152 e. The third-order valence-electron chi connectivity index (χ3n) is 2.68. The molecule has 0 heterocycles. The van der Waals surface area contributed by atoms with Gasteiger partial charge in [-0.05, 0) is 52.5 Å². The lowest BCUT2D eigenvalue weighted by molar-refractivity contribution is 0.598. The van der Waals surface area contributed by atoms with Crippen molar-refractivity contribution in [2.24, 2.45) is 0 Å². The van der Waals surface area contributed by atoms with Crippen LogP contribution in [0.1, 0.15) is 5.56 Å². The zero-order valence-electron chi connectivity index (χ0n) is 11.6. The lowest BCUT2D eigenvalue weighted by Gasteiger charge is -2.07. The quantitative estimate of drug-likeness (QED) is 0.320. The van der Waals surface area contributed by atoms with Crippen LogP contribution in [0.3, 0.4) is 0 Å². The smallest absolute Gasteiger partial charge is 0.152 e. The van der Waals surface area contributed by atoms with Crippen molar-refractivity contribution in [3.05, 3.63) is 75.6 Å². The summed E-state index contributed by atoms with van der Waals surface area (Å²) >= 11 is 10.9. The number of halogens is 2. The molecule has 2 aromatic carbocycles. The second-order valence-corrected chi connectivity index (χ2v) is 8.89. The van der Waals surface area contributed by atoms with Crippen molar-refractivity contribution >= 4 is 56.0 Å². The number of rotatable bonds is 7. The Hall–Kier alpha value is -0.230. The molecule has 2 rings (SSSR count). The second-order valence-electron chi connectivity index (χ2n) is 4.30. The summed E-state index contributed by atoms with van der Waals surface area (Å²) in [5, 5.41) is 3.13. The van der Waals surface area contributed by atoms with Gasteiger partial charge < -0.3 is 4.55 Å². The summed E-state index contributed by atoms with van der Waals surface area (Å²) < 4.78 is 12.0. The van der Waals surface area contributed by atoms with Crippen molar-refractivity contribution in [2.75, 3.05) is 5.75 Å². The first-order chi connectivity index (χ1) is 10.7. The van der Waals surface area contributed by atoms with Gasteiger partial charge in [0.25, 0.3) is 0 Å². The highest BCUT2D eigenvalue weighted by atomic mass is 35.5. The van der Waals surface area contributed by atoms with E-state index >= 15 is 0 Å². The first-order valence-electron chi connectivity index (χ1n) is 6.47. The molecule has 0 N–H and O–H groups in total. The molecule has 116 valence electrons. The standard InChI is InChI=1S/C16H14Cl2OS3/c17-15-8-7-13(11-16(15)18)12-21-20-9-4-10-22(19)14-5-2-1-3-6-14/h1-9,11H,10,12H2. The van der Waals surface area contributed by atoms with Crippen molar-refractivity contribution < 1.29 is 4.55 Å². The first kappa shape index (κ1) is 18.1. The van der Waals surface area contributed by atoms with Gasteiger partial charge in [0.05, 0.1) is 10.0 Å². The third kappa shape index (κ3) is 6.11. The number of hydrogen-bond donors (Lipinski definition) is 0. The van der Waals surface area contributed by atoms with Crippen molar-refractivity contribution in [1.29, 1.82) is 0 Å². The summed E-state index contributed by atoms with van der Waals surface area (Å²) in [7, 11) is 3.32. The van der Waals surface area contributed by atoms with Gasteiger partial charge in [-0.3, -0.25) is 0 Å². The van der Waals surface area contributed by atoms with E-state index in [1.807, 2.05) is 60.0 Å². The van der Waals surface area contributed by atoms with Gasteiger partial charge in [0.1, 0.15) is 5.75 Å². The number of benzene rings is 2. The van der Waals surface area contributed by atoms with Gasteiger partial charge in [-0.2, -0.15) is 0 Å². The van der Waals surface area contributed by atoms with Crippen LogP contribution >= 0.6 is 44.8 Å². The minimum atomic E-state index is -0.972. The maximum absolute atomic E-state index is 12.0. The summed E-state index contributed by atoms with van der Waals surface area (Å²) in [4.78, 5) is 0.862. The van der Waals surface area contributed by atoms with Gasteiger partial charge in [-0.1, -0.05) is 69.1 Å². The van der Waals surface area contributed by atoms with Crippen LogP contribution in [0.2, 0.25) is 10.0 Å². The molecule has 0 saturated carbocycles. The molecule has 0 radical (unpaired) electrons. The minimum Gasteiger partial charge on any atom is -0.611 e. The summed E-state index contributed by atoms with van der Waals surface area (Å²) in [6, 6.07) is 15.2. The van der Waals surface area contributed by atoms with E-state index in [0.29, 0.717) is 15.8 Å². The van der Waals surface area contributed by atoms with Gasteiger partial charge in [0.15, 0.2) is 4.90 Å². The highest BCUT2D eigenvalue weighted by molar-refractivity contribution is 8.77. The molecule has 2 aromatic rings. The monoisotopic (exact) mass is 388 g/mol. The van der Waals surface area contributed by atoms with Gasteiger partial charge in [0.2, 0.25) is 0 Å². The zero-order valence-corrected chi connectivity index (χ0v) is 15.5. The molecule has 0 fully saturated rings. The highest BCUT2D eigenvalue weighted by Crippen LogP contribution is 2.30. The Morgan fingerprint density at radius 2 is 1.82 bits per heavy atom. The molecule has 0 saturated heterocycles. The summed E-state index contributed by atoms with van der Waals surface area (Å²) in [5.74, 6) is 1.37. The van der Waals surface area contributed by atoms with Crippen molar-refractivity contribution in [2.45, 2.75) is 10.6 Å². The van der Waals surface area contributed by atoms with E-state index in [4.69, 9.17) is 23.2 Å². The molecule has 0 spiro atoms. The lowest BCUT2D eigenvalue weighted by atomic mass is 10.2. The Bertz CT molecular complexity index is 620. The normalized spacial score (nSPS) is 12.7. The summed E-state index contributed by atoms with van der Waals surface area (Å²) in [6.07, 6.45) is 1.94. The lowest BCUT2D eigenvalue weighted by Crippen LogP contribution is -2.03. The third-order valence-corrected chi connectivity index (χ3v) is 6.70. The van der Waals surface area contributed by atoms with E-state index < -0.39 is 11.2 Å². The van der Waals surface area contributed by atoms with Crippen molar-refractivity contribution in [3.8, 4) is 0 Å². The van der Waals surface area contributed by atoms with E-state index in [1.54, 1.807) is 21.6 Å². The van der Waals surface area contributed by atoms with E-state index in [-0.39, 0.29) is 0 Å². The topological polar surface area (TPSA) is 23.1 Å². The maximum atomic E-state index is 12.0. The fourth-order valence-corrected chi connectivity index (χ4v) is 4.69. The van der Waals surface area contributed by atoms with Crippen LogP contribution in [0.15, 0.2) is 64.9 Å².